The van der Waals surface area contributed by atoms with Gasteiger partial charge in [-0.25, -0.2) is 11.7 Å². The Balaban J connectivity index is 0. The Morgan fingerprint density at radius 1 is 0.812 bits per heavy atom. The number of hydrogen-bond donors (Lipinski definition) is 5. The number of nitrogens with one attached hydrogen (secondary N) is 3. The molecular formula is C23H43N5O3S. The van der Waals surface area contributed by atoms with Crippen molar-refractivity contribution in [2.45, 2.75) is 79.7 Å². The van der Waals surface area contributed by atoms with Gasteiger partial charge in [0.2, 0.25) is 11.8 Å². The molecule has 0 unspecified atom stereocenters. The molecule has 9 heteroatoms. The Kier molecular flexibility index (Phi) is 19.6. The predicted molar refractivity (Wildman–Crippen MR) is 135 cm³/mol. The van der Waals surface area contributed by atoms with Gasteiger partial charge in [-0.05, 0) is 53.4 Å². The van der Waals surface area contributed by atoms with Crippen molar-refractivity contribution in [2.75, 3.05) is 11.5 Å². The second kappa shape index (κ2) is 19.6. The molecule has 0 saturated carbocycles. The molecule has 0 heterocycles. The van der Waals surface area contributed by atoms with Gasteiger partial charge in [0.25, 0.3) is 5.91 Å². The van der Waals surface area contributed by atoms with Crippen molar-refractivity contribution >= 4 is 29.5 Å². The summed E-state index contributed by atoms with van der Waals surface area (Å²) in [6.07, 6.45) is 10.8. The zero-order chi connectivity index (χ0) is 23.6. The van der Waals surface area contributed by atoms with Gasteiger partial charge < -0.3 is 5.32 Å². The van der Waals surface area contributed by atoms with Crippen molar-refractivity contribution in [1.29, 1.82) is 0 Å². The van der Waals surface area contributed by atoms with Crippen LogP contribution in [0, 0.1) is 0 Å². The lowest BCUT2D eigenvalue weighted by Gasteiger charge is -2.16. The number of hydrogen-bond acceptors (Lipinski definition) is 6. The maximum absolute atomic E-state index is 11.9. The molecule has 184 valence electrons. The number of thioether (sulfide) groups is 1. The first kappa shape index (κ1) is 32.1. The summed E-state index contributed by atoms with van der Waals surface area (Å²) in [5, 5.41) is 2.60. The van der Waals surface area contributed by atoms with Crippen molar-refractivity contribution in [3.05, 3.63) is 34.9 Å². The number of nitrogens with two attached hydrogens (primary N) is 2. The van der Waals surface area contributed by atoms with E-state index in [1.165, 1.54) is 28.5 Å². The summed E-state index contributed by atoms with van der Waals surface area (Å²) in [4.78, 5) is 34.9. The van der Waals surface area contributed by atoms with E-state index in [0.29, 0.717) is 5.75 Å². The van der Waals surface area contributed by atoms with E-state index in [1.807, 2.05) is 5.43 Å². The lowest BCUT2D eigenvalue weighted by atomic mass is 10.1. The van der Waals surface area contributed by atoms with Crippen molar-refractivity contribution in [3.63, 3.8) is 0 Å². The first-order chi connectivity index (χ1) is 14.7. The van der Waals surface area contributed by atoms with Gasteiger partial charge in [-0.2, -0.15) is 11.8 Å². The van der Waals surface area contributed by atoms with Gasteiger partial charge >= 0.3 is 0 Å². The zero-order valence-electron chi connectivity index (χ0n) is 19.3. The summed E-state index contributed by atoms with van der Waals surface area (Å²) < 4.78 is 0. The molecule has 0 aliphatic heterocycles. The second-order valence-electron chi connectivity index (χ2n) is 7.69. The molecule has 0 aromatic carbocycles. The van der Waals surface area contributed by atoms with Gasteiger partial charge in [-0.1, -0.05) is 42.4 Å². The van der Waals surface area contributed by atoms with Gasteiger partial charge in [-0.3, -0.25) is 25.2 Å². The van der Waals surface area contributed by atoms with Gasteiger partial charge in [0.1, 0.15) is 6.04 Å². The molecule has 0 saturated heterocycles. The fourth-order valence-electron chi connectivity index (χ4n) is 2.58. The molecule has 0 aromatic rings. The second-order valence-corrected chi connectivity index (χ2v) is 8.77. The number of hydrazine groups is 2. The Hall–Kier alpha value is -2.10. The highest BCUT2D eigenvalue weighted by atomic mass is 32.2. The fraction of sp³-hybridized carbons (Fsp3) is 0.609. The first-order valence-corrected chi connectivity index (χ1v) is 11.7. The maximum atomic E-state index is 11.9. The van der Waals surface area contributed by atoms with E-state index in [0.717, 1.165) is 31.4 Å². The van der Waals surface area contributed by atoms with Crippen molar-refractivity contribution in [3.8, 4) is 0 Å². The third-order valence-corrected chi connectivity index (χ3v) is 5.46. The molecule has 0 spiro atoms. The normalized spacial score (nSPS) is 12.3. The predicted octanol–water partition coefficient (Wildman–Crippen LogP) is 3.02. The molecule has 0 radical (unpaired) electrons. The van der Waals surface area contributed by atoms with E-state index < -0.39 is 23.8 Å². The summed E-state index contributed by atoms with van der Waals surface area (Å²) in [7, 11) is 0. The minimum atomic E-state index is -0.761. The summed E-state index contributed by atoms with van der Waals surface area (Å²) in [6, 6.07) is -0.761. The van der Waals surface area contributed by atoms with Crippen LogP contribution in [0.4, 0.5) is 0 Å². The minimum Gasteiger partial charge on any atom is -0.343 e. The molecule has 0 bridgehead atoms. The SMILES string of the molecule is C.CC(C)=CCC/C(C)=C/CC/C(C)=C/CSC[C@H](NC(=O)CCC(=O)NN)C(=O)NN. The van der Waals surface area contributed by atoms with Crippen LogP contribution >= 0.6 is 11.8 Å². The van der Waals surface area contributed by atoms with Crippen LogP contribution in [-0.2, 0) is 14.4 Å². The Labute approximate surface area is 198 Å². The number of rotatable bonds is 15. The molecule has 32 heavy (non-hydrogen) atoms. The van der Waals surface area contributed by atoms with Crippen molar-refractivity contribution in [2.24, 2.45) is 11.7 Å². The van der Waals surface area contributed by atoms with E-state index >= 15 is 0 Å². The van der Waals surface area contributed by atoms with E-state index in [9.17, 15) is 14.4 Å². The van der Waals surface area contributed by atoms with Crippen molar-refractivity contribution < 1.29 is 14.4 Å². The van der Waals surface area contributed by atoms with Crippen LogP contribution in [0.2, 0.25) is 0 Å². The average Bonchev–Trinajstić information content (AvgIpc) is 2.73. The number of allylic oxidation sites excluding steroid dienone is 5. The molecule has 0 fully saturated rings. The van der Waals surface area contributed by atoms with E-state index in [4.69, 9.17) is 11.7 Å². The van der Waals surface area contributed by atoms with Crippen LogP contribution in [0.15, 0.2) is 34.9 Å². The summed E-state index contributed by atoms with van der Waals surface area (Å²) >= 11 is 1.53. The Morgan fingerprint density at radius 3 is 1.94 bits per heavy atom. The highest BCUT2D eigenvalue weighted by Gasteiger charge is 2.20. The third kappa shape index (κ3) is 17.6. The lowest BCUT2D eigenvalue weighted by molar-refractivity contribution is -0.129. The molecule has 3 amide bonds. The molecule has 0 aromatic heterocycles. The average molecular weight is 470 g/mol. The standard InChI is InChI=1S/C22H39N5O3S.CH4/c1-16(2)7-5-8-17(3)9-6-10-18(4)13-14-31-15-19(22(30)27-24)25-20(28)11-12-21(29)26-23;/h7,9,13,19H,5-6,8,10-12,14-15,23-24H2,1-4H3,(H,25,28)(H,26,29)(H,27,30);1H4/b17-9+,18-13+;/t19-;/m0./s1. The topological polar surface area (TPSA) is 139 Å². The molecule has 8 nitrogen and oxygen atoms in total. The minimum absolute atomic E-state index is 0. The fourth-order valence-corrected chi connectivity index (χ4v) is 3.58. The quantitative estimate of drug-likeness (QED) is 0.0821. The van der Waals surface area contributed by atoms with Crippen molar-refractivity contribution in [1.82, 2.24) is 16.2 Å². The summed E-state index contributed by atoms with van der Waals surface area (Å²) in [6.45, 7) is 8.51. The summed E-state index contributed by atoms with van der Waals surface area (Å²) in [5.41, 5.74) is 8.08. The van der Waals surface area contributed by atoms with Crippen LogP contribution in [0.3, 0.4) is 0 Å². The summed E-state index contributed by atoms with van der Waals surface area (Å²) in [5.74, 6) is 9.98. The molecular weight excluding hydrogens is 426 g/mol. The van der Waals surface area contributed by atoms with Gasteiger partial charge in [-0.15, -0.1) is 0 Å². The molecule has 7 N–H and O–H groups in total. The number of carbonyl (C=O) groups is 3. The highest BCUT2D eigenvalue weighted by molar-refractivity contribution is 7.99. The zero-order valence-corrected chi connectivity index (χ0v) is 20.1. The molecule has 1 atom stereocenters. The van der Waals surface area contributed by atoms with E-state index in [2.05, 4.69) is 56.7 Å². The molecule has 0 aliphatic carbocycles. The Morgan fingerprint density at radius 2 is 1.38 bits per heavy atom. The van der Waals surface area contributed by atoms with Crippen LogP contribution < -0.4 is 27.9 Å². The van der Waals surface area contributed by atoms with Gasteiger partial charge in [0.15, 0.2) is 0 Å². The van der Waals surface area contributed by atoms with Crippen LogP contribution in [0.25, 0.3) is 0 Å². The number of amides is 3. The molecule has 0 aliphatic rings. The monoisotopic (exact) mass is 469 g/mol. The largest absolute Gasteiger partial charge is 0.343 e. The van der Waals surface area contributed by atoms with Crippen LogP contribution in [0.1, 0.15) is 73.6 Å². The van der Waals surface area contributed by atoms with Crippen LogP contribution in [0.5, 0.6) is 0 Å². The van der Waals surface area contributed by atoms with E-state index in [-0.39, 0.29) is 20.3 Å². The van der Waals surface area contributed by atoms with Crippen LogP contribution in [-0.4, -0.2) is 35.3 Å². The maximum Gasteiger partial charge on any atom is 0.257 e. The van der Waals surface area contributed by atoms with E-state index in [1.54, 1.807) is 0 Å². The number of carbonyl (C=O) groups excluding carboxylic acids is 3. The first-order valence-electron chi connectivity index (χ1n) is 10.5. The Bertz CT molecular complexity index is 671. The van der Waals surface area contributed by atoms with Gasteiger partial charge in [0.05, 0.1) is 0 Å². The van der Waals surface area contributed by atoms with Gasteiger partial charge in [0, 0.05) is 24.3 Å². The molecule has 0 rings (SSSR count). The smallest absolute Gasteiger partial charge is 0.257 e. The third-order valence-electron chi connectivity index (χ3n) is 4.49. The lowest BCUT2D eigenvalue weighted by Crippen LogP contribution is -2.50. The highest BCUT2D eigenvalue weighted by Crippen LogP contribution is 2.13.